The number of ether oxygens (including phenoxy) is 1. The van der Waals surface area contributed by atoms with Crippen molar-refractivity contribution in [2.24, 2.45) is 11.8 Å². The van der Waals surface area contributed by atoms with Crippen LogP contribution < -0.4 is 0 Å². The van der Waals surface area contributed by atoms with Crippen molar-refractivity contribution in [1.82, 2.24) is 4.90 Å². The minimum atomic E-state index is -1.02. The van der Waals surface area contributed by atoms with E-state index in [9.17, 15) is 14.4 Å². The van der Waals surface area contributed by atoms with Crippen LogP contribution in [0.2, 0.25) is 0 Å². The largest absolute Gasteiger partial charge is 0.481 e. The first-order valence-corrected chi connectivity index (χ1v) is 6.26. The summed E-state index contributed by atoms with van der Waals surface area (Å²) in [5.74, 6) is -2.70. The van der Waals surface area contributed by atoms with Crippen molar-refractivity contribution in [1.29, 1.82) is 0 Å². The number of aliphatic carboxylic acids is 1. The molecule has 102 valence electrons. The lowest BCUT2D eigenvalue weighted by Gasteiger charge is -2.24. The van der Waals surface area contributed by atoms with Crippen LogP contribution >= 0.6 is 0 Å². The van der Waals surface area contributed by atoms with Gasteiger partial charge in [0.15, 0.2) is 0 Å². The highest BCUT2D eigenvalue weighted by Gasteiger charge is 2.70. The molecule has 3 heterocycles. The molecule has 3 aliphatic rings. The minimum absolute atomic E-state index is 0.0633. The summed E-state index contributed by atoms with van der Waals surface area (Å²) in [7, 11) is 0. The second-order valence-electron chi connectivity index (χ2n) is 5.73. The molecule has 1 N–H and O–H groups in total. The van der Waals surface area contributed by atoms with Crippen LogP contribution in [0.15, 0.2) is 12.2 Å². The molecule has 0 aromatic carbocycles. The van der Waals surface area contributed by atoms with Crippen LogP contribution in [0.3, 0.4) is 0 Å². The topological polar surface area (TPSA) is 83.9 Å². The first-order chi connectivity index (χ1) is 8.78. The fourth-order valence-electron chi connectivity index (χ4n) is 3.52. The van der Waals surface area contributed by atoms with Gasteiger partial charge in [0.2, 0.25) is 11.8 Å². The van der Waals surface area contributed by atoms with E-state index in [4.69, 9.17) is 9.84 Å². The number of carbonyl (C=O) groups excluding carboxylic acids is 2. The molecule has 3 aliphatic heterocycles. The third kappa shape index (κ3) is 1.43. The lowest BCUT2D eigenvalue weighted by molar-refractivity contribution is -0.147. The lowest BCUT2D eigenvalue weighted by Crippen LogP contribution is -2.40. The Kier molecular flexibility index (Phi) is 2.24. The summed E-state index contributed by atoms with van der Waals surface area (Å²) in [5.41, 5.74) is -1.49. The number of likely N-dealkylation sites (tertiary alicyclic amines) is 1. The number of amides is 2. The molecule has 0 aliphatic carbocycles. The Morgan fingerprint density at radius 1 is 1.26 bits per heavy atom. The van der Waals surface area contributed by atoms with Gasteiger partial charge in [0.25, 0.3) is 0 Å². The molecule has 3 rings (SSSR count). The minimum Gasteiger partial charge on any atom is -0.481 e. The van der Waals surface area contributed by atoms with Crippen molar-refractivity contribution in [3.05, 3.63) is 12.2 Å². The van der Waals surface area contributed by atoms with Crippen LogP contribution in [0.4, 0.5) is 0 Å². The van der Waals surface area contributed by atoms with Crippen molar-refractivity contribution in [3.8, 4) is 0 Å². The van der Waals surface area contributed by atoms with E-state index in [-0.39, 0.29) is 24.8 Å². The summed E-state index contributed by atoms with van der Waals surface area (Å²) >= 11 is 0. The zero-order valence-corrected chi connectivity index (χ0v) is 10.8. The van der Waals surface area contributed by atoms with Gasteiger partial charge in [-0.15, -0.1) is 0 Å². The number of carboxylic acid groups (broad SMARTS) is 1. The lowest BCUT2D eigenvalue weighted by atomic mass is 9.73. The summed E-state index contributed by atoms with van der Waals surface area (Å²) in [4.78, 5) is 36.4. The molecule has 2 saturated heterocycles. The van der Waals surface area contributed by atoms with Crippen molar-refractivity contribution in [3.63, 3.8) is 0 Å². The normalized spacial score (nSPS) is 43.2. The Balaban J connectivity index is 1.91. The van der Waals surface area contributed by atoms with E-state index in [1.54, 1.807) is 13.8 Å². The predicted octanol–water partition coefficient (Wildman–Crippen LogP) is 0.180. The maximum absolute atomic E-state index is 12.3. The Hall–Kier alpha value is -1.69. The highest BCUT2D eigenvalue weighted by atomic mass is 16.5. The molecule has 2 amide bonds. The number of fused-ring (bicyclic) bond motifs is 5. The molecule has 0 radical (unpaired) electrons. The van der Waals surface area contributed by atoms with Gasteiger partial charge in [0, 0.05) is 6.54 Å². The SMILES string of the molecule is C[C@]12C=C[C@](C)(O1)[C@@H]1C(=O)N(CCC(=O)O)C(=O)[C@@H]12. The van der Waals surface area contributed by atoms with Gasteiger partial charge in [-0.05, 0) is 13.8 Å². The van der Waals surface area contributed by atoms with E-state index in [1.807, 2.05) is 12.2 Å². The number of hydrogen-bond donors (Lipinski definition) is 1. The number of carboxylic acids is 1. The van der Waals surface area contributed by atoms with Crippen molar-refractivity contribution in [2.45, 2.75) is 31.5 Å². The van der Waals surface area contributed by atoms with Crippen molar-refractivity contribution in [2.75, 3.05) is 6.54 Å². The zero-order valence-electron chi connectivity index (χ0n) is 10.8. The van der Waals surface area contributed by atoms with E-state index in [0.717, 1.165) is 4.90 Å². The van der Waals surface area contributed by atoms with E-state index >= 15 is 0 Å². The van der Waals surface area contributed by atoms with E-state index in [2.05, 4.69) is 0 Å². The summed E-state index contributed by atoms with van der Waals surface area (Å²) in [6.45, 7) is 3.53. The van der Waals surface area contributed by atoms with Gasteiger partial charge >= 0.3 is 5.97 Å². The Morgan fingerprint density at radius 2 is 1.74 bits per heavy atom. The van der Waals surface area contributed by atoms with E-state index < -0.39 is 29.0 Å². The zero-order chi connectivity index (χ0) is 14.0. The van der Waals surface area contributed by atoms with E-state index in [0.29, 0.717) is 0 Å². The smallest absolute Gasteiger partial charge is 0.305 e. The van der Waals surface area contributed by atoms with Crippen LogP contribution in [-0.4, -0.2) is 45.5 Å². The number of nitrogens with zero attached hydrogens (tertiary/aromatic N) is 1. The molecule has 0 aromatic rings. The molecule has 0 unspecified atom stereocenters. The van der Waals surface area contributed by atoms with Gasteiger partial charge in [-0.25, -0.2) is 0 Å². The summed E-state index contributed by atoms with van der Waals surface area (Å²) in [6.07, 6.45) is 3.44. The summed E-state index contributed by atoms with van der Waals surface area (Å²) in [5, 5.41) is 8.68. The van der Waals surface area contributed by atoms with Gasteiger partial charge in [0.1, 0.15) is 0 Å². The monoisotopic (exact) mass is 265 g/mol. The number of hydrogen-bond acceptors (Lipinski definition) is 4. The van der Waals surface area contributed by atoms with Crippen molar-refractivity contribution >= 4 is 17.8 Å². The Labute approximate surface area is 110 Å². The van der Waals surface area contributed by atoms with Crippen LogP contribution in [0.5, 0.6) is 0 Å². The first-order valence-electron chi connectivity index (χ1n) is 6.26. The Bertz CT molecular complexity index is 491. The fraction of sp³-hybridized carbons (Fsp3) is 0.615. The standard InChI is InChI=1S/C13H15NO5/c1-12-4-5-13(2,19-12)9-8(12)10(17)14(11(9)18)6-3-7(15)16/h4-5,8-9H,3,6H2,1-2H3,(H,15,16)/t8-,9+,12-,13+. The molecule has 6 heteroatoms. The highest BCUT2D eigenvalue weighted by Crippen LogP contribution is 2.56. The molecule has 6 nitrogen and oxygen atoms in total. The number of carbonyl (C=O) groups is 3. The molecular formula is C13H15NO5. The maximum atomic E-state index is 12.3. The second-order valence-corrected chi connectivity index (χ2v) is 5.73. The van der Waals surface area contributed by atoms with Crippen LogP contribution in [0.25, 0.3) is 0 Å². The summed E-state index contributed by atoms with van der Waals surface area (Å²) < 4.78 is 5.83. The number of imide groups is 1. The van der Waals surface area contributed by atoms with Gasteiger partial charge in [-0.1, -0.05) is 12.2 Å². The third-order valence-corrected chi connectivity index (χ3v) is 4.37. The molecule has 2 bridgehead atoms. The number of rotatable bonds is 3. The van der Waals surface area contributed by atoms with Gasteiger partial charge in [-0.3, -0.25) is 19.3 Å². The molecular weight excluding hydrogens is 250 g/mol. The average molecular weight is 265 g/mol. The summed E-state index contributed by atoms with van der Waals surface area (Å²) in [6, 6.07) is 0. The van der Waals surface area contributed by atoms with E-state index in [1.165, 1.54) is 0 Å². The first kappa shape index (κ1) is 12.3. The highest BCUT2D eigenvalue weighted by molar-refractivity contribution is 6.07. The van der Waals surface area contributed by atoms with Gasteiger partial charge < -0.3 is 9.84 Å². The van der Waals surface area contributed by atoms with Gasteiger partial charge in [-0.2, -0.15) is 0 Å². The fourth-order valence-corrected chi connectivity index (χ4v) is 3.52. The molecule has 19 heavy (non-hydrogen) atoms. The predicted molar refractivity (Wildman–Crippen MR) is 63.0 cm³/mol. The van der Waals surface area contributed by atoms with Crippen molar-refractivity contribution < 1.29 is 24.2 Å². The quantitative estimate of drug-likeness (QED) is 0.581. The average Bonchev–Trinajstić information content (AvgIpc) is 2.83. The second kappa shape index (κ2) is 3.45. The maximum Gasteiger partial charge on any atom is 0.305 e. The van der Waals surface area contributed by atoms with Crippen LogP contribution in [0.1, 0.15) is 20.3 Å². The van der Waals surface area contributed by atoms with Crippen LogP contribution in [-0.2, 0) is 19.1 Å². The molecule has 0 spiro atoms. The van der Waals surface area contributed by atoms with Gasteiger partial charge in [0.05, 0.1) is 29.5 Å². The third-order valence-electron chi connectivity index (χ3n) is 4.37. The molecule has 0 aromatic heterocycles. The Morgan fingerprint density at radius 3 is 2.16 bits per heavy atom. The molecule has 4 atom stereocenters. The molecule has 2 fully saturated rings. The molecule has 0 saturated carbocycles. The van der Waals surface area contributed by atoms with Crippen LogP contribution in [0, 0.1) is 11.8 Å².